The van der Waals surface area contributed by atoms with Gasteiger partial charge in [0.1, 0.15) is 0 Å². The molecule has 6 N–H and O–H groups in total. The third-order valence-corrected chi connectivity index (χ3v) is 0. The zero-order valence-electron chi connectivity index (χ0n) is 4.13. The molecule has 0 saturated heterocycles. The van der Waals surface area contributed by atoms with Crippen molar-refractivity contribution in [2.45, 2.75) is 0 Å². The minimum atomic E-state index is -4.67. The summed E-state index contributed by atoms with van der Waals surface area (Å²) in [7, 11) is -4.67. The summed E-state index contributed by atoms with van der Waals surface area (Å²) in [6.07, 6.45) is 0. The maximum atomic E-state index is 8.74. The van der Waals surface area contributed by atoms with E-state index in [9.17, 15) is 0 Å². The van der Waals surface area contributed by atoms with Crippen molar-refractivity contribution in [1.29, 1.82) is 0 Å². The summed E-state index contributed by atoms with van der Waals surface area (Å²) >= 11 is 0. The van der Waals surface area contributed by atoms with E-state index in [0.29, 0.717) is 0 Å². The molecule has 0 aliphatic heterocycles. The number of rotatable bonds is 0. The zero-order valence-corrected chi connectivity index (χ0v) is 8.85. The molecule has 0 rings (SSSR count). The van der Waals surface area contributed by atoms with Gasteiger partial charge in [-0.3, -0.25) is 9.11 Å². The normalized spacial score (nSPS) is 5.80. The van der Waals surface area contributed by atoms with Crippen LogP contribution < -0.4 is 0 Å². The van der Waals surface area contributed by atoms with Crippen molar-refractivity contribution in [2.75, 3.05) is 0 Å². The standard InChI is InChI=1S/Ca.Cu.H2O4S.2H2O.Zn.2H/c;;1-5(2,3)4;;;;;/h;;(H2,1,2,3,4);2*1H2;;;. The van der Waals surface area contributed by atoms with E-state index in [4.69, 9.17) is 17.5 Å². The molecule has 0 aliphatic carbocycles. The molecule has 1 radical (unpaired) electrons. The molecule has 6 nitrogen and oxygen atoms in total. The molecular formula is H8CaCuO6SZn. The summed E-state index contributed by atoms with van der Waals surface area (Å²) in [5.41, 5.74) is 0. The zero-order chi connectivity index (χ0) is 4.50. The van der Waals surface area contributed by atoms with Gasteiger partial charge in [0.2, 0.25) is 0 Å². The third kappa shape index (κ3) is 179. The van der Waals surface area contributed by atoms with Gasteiger partial charge in [-0.2, -0.15) is 8.42 Å². The Labute approximate surface area is 112 Å². The minimum absolute atomic E-state index is 0. The smallest absolute Gasteiger partial charge is 0 e. The average Bonchev–Trinajstić information content (AvgIpc) is 0.722. The SMILES string of the molecule is O.O.O=S(=O)(O)O.[CaH2].[Cu].[Zn]. The predicted molar refractivity (Wildman–Crippen MR) is 29.9 cm³/mol. The van der Waals surface area contributed by atoms with Gasteiger partial charge in [-0.25, -0.2) is 0 Å². The van der Waals surface area contributed by atoms with Crippen molar-refractivity contribution < 1.29 is 65.0 Å². The summed E-state index contributed by atoms with van der Waals surface area (Å²) < 4.78 is 31.6. The van der Waals surface area contributed by atoms with Gasteiger partial charge in [0.05, 0.1) is 0 Å². The summed E-state index contributed by atoms with van der Waals surface area (Å²) in [6.45, 7) is 0. The van der Waals surface area contributed by atoms with Crippen molar-refractivity contribution in [1.82, 2.24) is 0 Å². The Morgan fingerprint density at radius 1 is 1.00 bits per heavy atom. The Balaban J connectivity index is -0.00000000800. The van der Waals surface area contributed by atoms with Crippen LogP contribution in [0.5, 0.6) is 0 Å². The van der Waals surface area contributed by atoms with Crippen LogP contribution in [0.3, 0.4) is 0 Å². The van der Waals surface area contributed by atoms with E-state index in [2.05, 4.69) is 0 Å². The third-order valence-electron chi connectivity index (χ3n) is 0. The first-order valence-electron chi connectivity index (χ1n) is 0.698. The Hall–Kier alpha value is 2.19. The Bertz CT molecular complexity index is 101. The molecule has 0 fully saturated rings. The van der Waals surface area contributed by atoms with E-state index in [1.807, 2.05) is 0 Å². The fourth-order valence-electron chi connectivity index (χ4n) is 0. The number of hydrogen-bond donors (Lipinski definition) is 2. The van der Waals surface area contributed by atoms with E-state index < -0.39 is 10.4 Å². The van der Waals surface area contributed by atoms with E-state index in [0.717, 1.165) is 0 Å². The van der Waals surface area contributed by atoms with Crippen molar-refractivity contribution in [2.24, 2.45) is 0 Å². The summed E-state index contributed by atoms with van der Waals surface area (Å²) in [4.78, 5) is 0. The predicted octanol–water partition coefficient (Wildman–Crippen LogP) is -3.22. The van der Waals surface area contributed by atoms with Gasteiger partial charge >= 0.3 is 48.1 Å². The number of hydrogen-bond acceptors (Lipinski definition) is 2. The fourth-order valence-corrected chi connectivity index (χ4v) is 0. The second-order valence-electron chi connectivity index (χ2n) is 0.448. The molecule has 10 heavy (non-hydrogen) atoms. The first-order valence-corrected chi connectivity index (χ1v) is 2.10. The van der Waals surface area contributed by atoms with Gasteiger partial charge in [0, 0.05) is 36.5 Å². The molecule has 0 aromatic rings. The van der Waals surface area contributed by atoms with Gasteiger partial charge in [0.15, 0.2) is 0 Å². The van der Waals surface area contributed by atoms with Crippen LogP contribution in [0, 0.1) is 0 Å². The van der Waals surface area contributed by atoms with Crippen LogP contribution in [0.15, 0.2) is 0 Å². The maximum absolute atomic E-state index is 8.74. The van der Waals surface area contributed by atoms with Crippen LogP contribution in [0.25, 0.3) is 0 Å². The van der Waals surface area contributed by atoms with Gasteiger partial charge in [-0.1, -0.05) is 0 Å². The van der Waals surface area contributed by atoms with Crippen LogP contribution in [-0.4, -0.2) is 66.2 Å². The van der Waals surface area contributed by atoms with Crippen LogP contribution in [-0.2, 0) is 46.9 Å². The van der Waals surface area contributed by atoms with E-state index in [-0.39, 0.29) is 85.2 Å². The molecule has 65 valence electrons. The van der Waals surface area contributed by atoms with E-state index in [1.54, 1.807) is 0 Å². The largest absolute Gasteiger partial charge is 0 e. The molecule has 0 amide bonds. The molecule has 0 heterocycles. The molecule has 0 aliphatic rings. The maximum Gasteiger partial charge on any atom is 0 e. The van der Waals surface area contributed by atoms with Crippen molar-refractivity contribution in [3.63, 3.8) is 0 Å². The van der Waals surface area contributed by atoms with Crippen LogP contribution in [0.4, 0.5) is 0 Å². The van der Waals surface area contributed by atoms with Crippen LogP contribution in [0.2, 0.25) is 0 Å². The first-order chi connectivity index (χ1) is 2.00. The Morgan fingerprint density at radius 3 is 1.00 bits per heavy atom. The molecular weight excluding hydrogens is 297 g/mol. The van der Waals surface area contributed by atoms with Gasteiger partial charge in [0.25, 0.3) is 0 Å². The first kappa shape index (κ1) is 39.8. The molecule has 0 unspecified atom stereocenters. The van der Waals surface area contributed by atoms with E-state index >= 15 is 0 Å². The van der Waals surface area contributed by atoms with E-state index in [1.165, 1.54) is 0 Å². The molecule has 0 bridgehead atoms. The van der Waals surface area contributed by atoms with Crippen LogP contribution in [0.1, 0.15) is 0 Å². The molecule has 0 spiro atoms. The topological polar surface area (TPSA) is 138 Å². The summed E-state index contributed by atoms with van der Waals surface area (Å²) in [5, 5.41) is 0. The Kier molecular flexibility index (Phi) is 69.0. The van der Waals surface area contributed by atoms with Crippen molar-refractivity contribution >= 4 is 48.1 Å². The molecule has 0 aromatic heterocycles. The fraction of sp³-hybridized carbons (Fsp3) is 0. The summed E-state index contributed by atoms with van der Waals surface area (Å²) in [6, 6.07) is 0. The Morgan fingerprint density at radius 2 is 1.00 bits per heavy atom. The minimum Gasteiger partial charge on any atom is 0 e. The summed E-state index contributed by atoms with van der Waals surface area (Å²) in [5.74, 6) is 0. The van der Waals surface area contributed by atoms with Gasteiger partial charge in [-0.15, -0.1) is 0 Å². The van der Waals surface area contributed by atoms with Crippen LogP contribution >= 0.6 is 0 Å². The average molecular weight is 305 g/mol. The second kappa shape index (κ2) is 17.3. The quantitative estimate of drug-likeness (QED) is 0.359. The second-order valence-corrected chi connectivity index (χ2v) is 1.34. The molecule has 0 saturated carbocycles. The monoisotopic (exact) mass is 303 g/mol. The molecule has 0 atom stereocenters. The molecule has 0 aromatic carbocycles. The van der Waals surface area contributed by atoms with Crippen molar-refractivity contribution in [3.05, 3.63) is 0 Å². The van der Waals surface area contributed by atoms with Gasteiger partial charge < -0.3 is 11.0 Å². The molecule has 10 heteroatoms. The van der Waals surface area contributed by atoms with Gasteiger partial charge in [-0.05, 0) is 0 Å². The van der Waals surface area contributed by atoms with Crippen molar-refractivity contribution in [3.8, 4) is 0 Å².